The molecule has 0 saturated heterocycles. The zero-order valence-electron chi connectivity index (χ0n) is 16.5. The second-order valence-corrected chi connectivity index (χ2v) is 9.08. The van der Waals surface area contributed by atoms with Crippen LogP contribution >= 0.6 is 7.81 Å². The van der Waals surface area contributed by atoms with Crippen LogP contribution in [0.15, 0.2) is 18.7 Å². The van der Waals surface area contributed by atoms with Gasteiger partial charge in [0.1, 0.15) is 12.4 Å². The Kier molecular flexibility index (Phi) is 11.0. The fraction of sp³-hybridized carbons (Fsp3) is 0.833. The molecule has 1 rings (SSSR count). The van der Waals surface area contributed by atoms with E-state index in [0.29, 0.717) is 0 Å². The van der Waals surface area contributed by atoms with E-state index in [-0.39, 0.29) is 0 Å². The molecule has 9 heteroatoms. The van der Waals surface area contributed by atoms with Crippen molar-refractivity contribution in [2.45, 2.75) is 90.5 Å². The minimum atomic E-state index is -10.7. The van der Waals surface area contributed by atoms with Crippen LogP contribution in [0.3, 0.4) is 0 Å². The van der Waals surface area contributed by atoms with Gasteiger partial charge in [0.25, 0.3) is 0 Å². The number of imidazole rings is 1. The van der Waals surface area contributed by atoms with Gasteiger partial charge in [0.15, 0.2) is 0 Å². The van der Waals surface area contributed by atoms with Gasteiger partial charge in [-0.25, -0.2) is 9.13 Å². The fourth-order valence-electron chi connectivity index (χ4n) is 2.77. The number of aryl methyl sites for hydroxylation is 2. The number of unbranched alkanes of at least 4 members (excludes halogenated alkanes) is 11. The van der Waals surface area contributed by atoms with Crippen molar-refractivity contribution in [2.24, 2.45) is 7.05 Å². The third-order valence-electron chi connectivity index (χ3n) is 4.09. The van der Waals surface area contributed by atoms with Crippen molar-refractivity contribution in [3.8, 4) is 0 Å². The molecule has 0 saturated carbocycles. The number of halogens is 6. The Bertz CT molecular complexity index is 487. The van der Waals surface area contributed by atoms with Crippen molar-refractivity contribution in [3.63, 3.8) is 0 Å². The molecule has 0 bridgehead atoms. The Morgan fingerprint density at radius 3 is 1.41 bits per heavy atom. The molecule has 0 unspecified atom stereocenters. The van der Waals surface area contributed by atoms with Crippen LogP contribution in [-0.4, -0.2) is 4.57 Å². The van der Waals surface area contributed by atoms with Crippen LogP contribution in [0.5, 0.6) is 0 Å². The Morgan fingerprint density at radius 2 is 1.07 bits per heavy atom. The molecule has 1 heterocycles. The maximum absolute atomic E-state index is 10.7. The summed E-state index contributed by atoms with van der Waals surface area (Å²) in [4.78, 5) is 0. The van der Waals surface area contributed by atoms with Crippen LogP contribution in [-0.2, 0) is 13.6 Å². The van der Waals surface area contributed by atoms with Crippen molar-refractivity contribution in [2.75, 3.05) is 0 Å². The Hall–Kier alpha value is -0.780. The molecule has 27 heavy (non-hydrogen) atoms. The van der Waals surface area contributed by atoms with E-state index in [1.807, 2.05) is 0 Å². The number of nitrogens with zero attached hydrogens (tertiary/aromatic N) is 2. The number of hydrogen-bond acceptors (Lipinski definition) is 0. The molecular formula is C18H35F6N2P. The number of hydrogen-bond donors (Lipinski definition) is 0. The zero-order chi connectivity index (χ0) is 20.9. The van der Waals surface area contributed by atoms with Gasteiger partial charge in [-0.2, -0.15) is 0 Å². The first kappa shape index (κ1) is 26.2. The maximum atomic E-state index is 9.87. The van der Waals surface area contributed by atoms with Gasteiger partial charge in [0.05, 0.1) is 13.6 Å². The summed E-state index contributed by atoms with van der Waals surface area (Å²) in [5.41, 5.74) is 0. The number of aromatic nitrogens is 2. The van der Waals surface area contributed by atoms with E-state index in [4.69, 9.17) is 0 Å². The Balaban J connectivity index is 0.000000821. The predicted octanol–water partition coefficient (Wildman–Crippen LogP) is 8.40. The topological polar surface area (TPSA) is 8.81 Å². The summed E-state index contributed by atoms with van der Waals surface area (Å²) in [6.45, 7) is 3.47. The first-order valence-electron chi connectivity index (χ1n) is 9.85. The van der Waals surface area contributed by atoms with E-state index in [2.05, 4.69) is 41.8 Å². The van der Waals surface area contributed by atoms with Crippen LogP contribution in [0.4, 0.5) is 25.2 Å². The number of rotatable bonds is 13. The van der Waals surface area contributed by atoms with Crippen LogP contribution < -0.4 is 4.57 Å². The summed E-state index contributed by atoms with van der Waals surface area (Å²) in [6, 6.07) is 0. The molecule has 1 aromatic heterocycles. The Labute approximate surface area is 159 Å². The quantitative estimate of drug-likeness (QED) is 0.130. The molecule has 0 aliphatic heterocycles. The molecule has 0 radical (unpaired) electrons. The van der Waals surface area contributed by atoms with Gasteiger partial charge in [-0.15, -0.1) is 0 Å². The molecule has 2 nitrogen and oxygen atoms in total. The predicted molar refractivity (Wildman–Crippen MR) is 100 cm³/mol. The molecule has 0 atom stereocenters. The van der Waals surface area contributed by atoms with Crippen molar-refractivity contribution in [1.29, 1.82) is 0 Å². The average molecular weight is 424 g/mol. The van der Waals surface area contributed by atoms with E-state index >= 15 is 0 Å². The normalized spacial score (nSPS) is 14.2. The molecule has 0 fully saturated rings. The van der Waals surface area contributed by atoms with E-state index in [0.717, 1.165) is 0 Å². The van der Waals surface area contributed by atoms with Gasteiger partial charge >= 0.3 is 33.0 Å². The summed E-state index contributed by atoms with van der Waals surface area (Å²) in [5, 5.41) is 0. The third kappa shape index (κ3) is 27.5. The summed E-state index contributed by atoms with van der Waals surface area (Å²) >= 11 is 0. The standard InChI is InChI=1S/C18H35N2.F6P/c1-3-4-5-6-7-8-9-10-11-12-13-14-15-20-17-16-19(2)18-20;1-7(2,3,4,5)6/h16-18H,3-15H2,1-2H3;/q+1;-1. The molecule has 0 spiro atoms. The summed E-state index contributed by atoms with van der Waals surface area (Å²) < 4.78 is 63.6. The molecule has 0 aliphatic carbocycles. The van der Waals surface area contributed by atoms with Crippen molar-refractivity contribution < 1.29 is 29.7 Å². The van der Waals surface area contributed by atoms with Gasteiger partial charge in [0.2, 0.25) is 6.33 Å². The van der Waals surface area contributed by atoms with Crippen LogP contribution in [0.25, 0.3) is 0 Å². The molecule has 0 amide bonds. The SMILES string of the molecule is CCCCCCCCCCCCCC[n+]1ccn(C)c1.F[P-](F)(F)(F)(F)F. The van der Waals surface area contributed by atoms with E-state index < -0.39 is 7.81 Å². The molecular weight excluding hydrogens is 389 g/mol. The molecule has 0 N–H and O–H groups in total. The second-order valence-electron chi connectivity index (χ2n) is 7.16. The summed E-state index contributed by atoms with van der Waals surface area (Å²) in [5.74, 6) is 0. The fourth-order valence-corrected chi connectivity index (χ4v) is 2.77. The van der Waals surface area contributed by atoms with Gasteiger partial charge in [-0.3, -0.25) is 0 Å². The van der Waals surface area contributed by atoms with Crippen LogP contribution in [0.1, 0.15) is 84.0 Å². The monoisotopic (exact) mass is 424 g/mol. The van der Waals surface area contributed by atoms with Gasteiger partial charge in [-0.1, -0.05) is 71.1 Å². The average Bonchev–Trinajstić information content (AvgIpc) is 2.91. The molecule has 0 aromatic carbocycles. The second kappa shape index (κ2) is 11.3. The molecule has 0 aliphatic rings. The zero-order valence-corrected chi connectivity index (χ0v) is 17.4. The molecule has 164 valence electrons. The van der Waals surface area contributed by atoms with E-state index in [1.54, 1.807) is 0 Å². The van der Waals surface area contributed by atoms with E-state index in [1.165, 1.54) is 83.6 Å². The molecule has 1 aromatic rings. The minimum absolute atomic E-state index is 1.18. The van der Waals surface area contributed by atoms with Gasteiger partial charge in [0, 0.05) is 0 Å². The van der Waals surface area contributed by atoms with Crippen molar-refractivity contribution >= 4 is 7.81 Å². The Morgan fingerprint density at radius 1 is 0.704 bits per heavy atom. The van der Waals surface area contributed by atoms with Gasteiger partial charge < -0.3 is 0 Å². The van der Waals surface area contributed by atoms with Gasteiger partial charge in [-0.05, 0) is 12.8 Å². The van der Waals surface area contributed by atoms with Crippen molar-refractivity contribution in [3.05, 3.63) is 18.7 Å². The first-order valence-corrected chi connectivity index (χ1v) is 11.9. The summed E-state index contributed by atoms with van der Waals surface area (Å²) in [7, 11) is -8.58. The van der Waals surface area contributed by atoms with E-state index in [9.17, 15) is 25.2 Å². The third-order valence-corrected chi connectivity index (χ3v) is 4.09. The summed E-state index contributed by atoms with van der Waals surface area (Å²) in [6.07, 6.45) is 23.6. The van der Waals surface area contributed by atoms with Crippen molar-refractivity contribution in [1.82, 2.24) is 4.57 Å². The van der Waals surface area contributed by atoms with Crippen LogP contribution in [0.2, 0.25) is 0 Å². The first-order chi connectivity index (χ1) is 12.3. The van der Waals surface area contributed by atoms with Crippen LogP contribution in [0, 0.1) is 0 Å².